The molecule has 0 saturated heterocycles. The molecule has 5 nitrogen and oxygen atoms in total. The van der Waals surface area contributed by atoms with Gasteiger partial charge in [-0.25, -0.2) is 0 Å². The lowest BCUT2D eigenvalue weighted by Crippen LogP contribution is -2.26. The van der Waals surface area contributed by atoms with Crippen molar-refractivity contribution in [3.8, 4) is 0 Å². The first-order valence-corrected chi connectivity index (χ1v) is 28.8. The van der Waals surface area contributed by atoms with Crippen LogP contribution in [0.15, 0.2) is 0 Å². The summed E-state index contributed by atoms with van der Waals surface area (Å²) < 4.78 is 10.1. The molecule has 0 aliphatic heterocycles. The van der Waals surface area contributed by atoms with Gasteiger partial charge in [0.15, 0.2) is 0 Å². The minimum absolute atomic E-state index is 0.0407. The minimum Gasteiger partial charge on any atom is -0.468 e. The summed E-state index contributed by atoms with van der Waals surface area (Å²) in [5.41, 5.74) is 0. The molecule has 0 aromatic heterocycles. The summed E-state index contributed by atoms with van der Waals surface area (Å²) in [4.78, 5) is 24.3. The number of hydrogen-bond acceptors (Lipinski definition) is 5. The highest BCUT2D eigenvalue weighted by Crippen LogP contribution is 2.20. The molecule has 63 heavy (non-hydrogen) atoms. The topological polar surface area (TPSA) is 55.8 Å². The Kier molecular flexibility index (Phi) is 91.1. The Morgan fingerprint density at radius 1 is 0.397 bits per heavy atom. The third-order valence-electron chi connectivity index (χ3n) is 11.2. The van der Waals surface area contributed by atoms with Crippen molar-refractivity contribution < 1.29 is 19.1 Å². The minimum atomic E-state index is 0.0407. The van der Waals surface area contributed by atoms with E-state index in [0.717, 1.165) is 19.3 Å². The summed E-state index contributed by atoms with van der Waals surface area (Å²) in [7, 11) is 0. The highest BCUT2D eigenvalue weighted by atomic mass is 16.5. The summed E-state index contributed by atoms with van der Waals surface area (Å²) in [6, 6.07) is 0. The van der Waals surface area contributed by atoms with Gasteiger partial charge in [0.2, 0.25) is 0 Å². The number of esters is 1. The van der Waals surface area contributed by atoms with Crippen molar-refractivity contribution in [3.63, 3.8) is 0 Å². The van der Waals surface area contributed by atoms with Crippen LogP contribution in [0, 0.1) is 5.92 Å². The van der Waals surface area contributed by atoms with Crippen molar-refractivity contribution in [1.82, 2.24) is 4.90 Å². The molecule has 0 heterocycles. The predicted octanol–water partition coefficient (Wildman–Crippen LogP) is 20.2. The summed E-state index contributed by atoms with van der Waals surface area (Å²) >= 11 is 0. The van der Waals surface area contributed by atoms with Crippen LogP contribution in [0.3, 0.4) is 0 Å². The van der Waals surface area contributed by atoms with Gasteiger partial charge in [0.05, 0.1) is 13.2 Å². The molecule has 0 N–H and O–H groups in total. The van der Waals surface area contributed by atoms with Crippen LogP contribution in [0.1, 0.15) is 328 Å². The van der Waals surface area contributed by atoms with Gasteiger partial charge in [0, 0.05) is 6.42 Å². The Morgan fingerprint density at radius 3 is 1.05 bits per heavy atom. The van der Waals surface area contributed by atoms with E-state index in [1.807, 2.05) is 34.6 Å². The fourth-order valence-corrected chi connectivity index (χ4v) is 7.27. The van der Waals surface area contributed by atoms with Crippen molar-refractivity contribution in [2.45, 2.75) is 328 Å². The van der Waals surface area contributed by atoms with E-state index in [2.05, 4.69) is 65.0 Å². The van der Waals surface area contributed by atoms with E-state index >= 15 is 0 Å². The fourth-order valence-electron chi connectivity index (χ4n) is 7.27. The quantitative estimate of drug-likeness (QED) is 0.0347. The average Bonchev–Trinajstić information content (AvgIpc) is 3.31. The van der Waals surface area contributed by atoms with Crippen LogP contribution in [-0.2, 0) is 19.1 Å². The lowest BCUT2D eigenvalue weighted by molar-refractivity contribution is -0.145. The molecule has 0 amide bonds. The SMILES string of the molecule is CC.CC.CCCCCCCC.CCCCCCCCC.CCCCCCCCC(CCCCCCC)COC(=O)CCCCCCCN(CCC)CCCCC.CCCOC=O. The first-order chi connectivity index (χ1) is 30.9. The molecule has 5 heteroatoms. The lowest BCUT2D eigenvalue weighted by atomic mass is 9.95. The van der Waals surface area contributed by atoms with E-state index in [0.29, 0.717) is 32.0 Å². The molecule has 0 aromatic rings. The van der Waals surface area contributed by atoms with Crippen LogP contribution in [0.4, 0.5) is 0 Å². The second-order valence-electron chi connectivity index (χ2n) is 17.5. The fraction of sp³-hybridized carbons (Fsp3) is 0.966. The maximum absolute atomic E-state index is 12.4. The standard InChI is InChI=1S/C33H67NO2.C9H20.C8H18.C4H8O2.2C2H6/c1-5-9-12-14-17-21-26-32(25-20-16-13-10-6-2)31-36-33(35)27-22-18-15-19-24-30-34(28-8-4)29-23-11-7-3;1-3-5-7-9-8-6-4-2;1-3-5-7-8-6-4-2;1-2-3-6-4-5;2*1-2/h32H,5-31H2,1-4H3;3-9H2,1-2H3;3-8H2,1-2H3;4H,2-3H2,1H3;2*1-2H3. The molecule has 0 aliphatic carbocycles. The van der Waals surface area contributed by atoms with Gasteiger partial charge in [-0.3, -0.25) is 9.59 Å². The van der Waals surface area contributed by atoms with Crippen molar-refractivity contribution in [1.29, 1.82) is 0 Å². The van der Waals surface area contributed by atoms with Crippen molar-refractivity contribution in [3.05, 3.63) is 0 Å². The van der Waals surface area contributed by atoms with E-state index in [4.69, 9.17) is 4.74 Å². The van der Waals surface area contributed by atoms with Gasteiger partial charge >= 0.3 is 5.97 Å². The number of carbonyl (C=O) groups excluding carboxylic acids is 2. The van der Waals surface area contributed by atoms with Gasteiger partial charge in [-0.2, -0.15) is 0 Å². The average molecular weight is 901 g/mol. The van der Waals surface area contributed by atoms with E-state index < -0.39 is 0 Å². The second-order valence-corrected chi connectivity index (χ2v) is 17.5. The predicted molar refractivity (Wildman–Crippen MR) is 287 cm³/mol. The summed E-state index contributed by atoms with van der Waals surface area (Å²) in [5.74, 6) is 0.615. The summed E-state index contributed by atoms with van der Waals surface area (Å²) in [6.07, 6.45) is 48.4. The monoisotopic (exact) mass is 900 g/mol. The Balaban J connectivity index is -0.000000241. The highest BCUT2D eigenvalue weighted by molar-refractivity contribution is 5.69. The Hall–Kier alpha value is -1.10. The molecule has 0 bridgehead atoms. The van der Waals surface area contributed by atoms with Crippen molar-refractivity contribution in [2.24, 2.45) is 5.92 Å². The lowest BCUT2D eigenvalue weighted by Gasteiger charge is -2.21. The number of nitrogens with zero attached hydrogens (tertiary/aromatic N) is 1. The van der Waals surface area contributed by atoms with Crippen LogP contribution in [0.2, 0.25) is 0 Å². The molecule has 0 fully saturated rings. The van der Waals surface area contributed by atoms with Crippen molar-refractivity contribution >= 4 is 12.4 Å². The third kappa shape index (κ3) is 81.5. The van der Waals surface area contributed by atoms with Crippen LogP contribution in [-0.4, -0.2) is 50.2 Å². The van der Waals surface area contributed by atoms with Crippen LogP contribution in [0.5, 0.6) is 0 Å². The van der Waals surface area contributed by atoms with E-state index in [1.165, 1.54) is 232 Å². The summed E-state index contributed by atoms with van der Waals surface area (Å²) in [6.45, 7) is 33.5. The van der Waals surface area contributed by atoms with E-state index in [1.54, 1.807) is 0 Å². The molecule has 0 radical (unpaired) electrons. The number of ether oxygens (including phenoxy) is 2. The number of hydrogen-bond donors (Lipinski definition) is 0. The molecule has 386 valence electrons. The van der Waals surface area contributed by atoms with Crippen LogP contribution in [0.25, 0.3) is 0 Å². The number of carbonyl (C=O) groups is 2. The Bertz CT molecular complexity index is 705. The van der Waals surface area contributed by atoms with Gasteiger partial charge < -0.3 is 14.4 Å². The first kappa shape index (κ1) is 73.5. The molecule has 1 unspecified atom stereocenters. The third-order valence-corrected chi connectivity index (χ3v) is 11.2. The van der Waals surface area contributed by atoms with Crippen LogP contribution >= 0.6 is 0 Å². The molecule has 0 spiro atoms. The molecular formula is C58H125NO4. The van der Waals surface area contributed by atoms with Gasteiger partial charge in [-0.15, -0.1) is 0 Å². The molecule has 0 rings (SSSR count). The summed E-state index contributed by atoms with van der Waals surface area (Å²) in [5, 5.41) is 0. The van der Waals surface area contributed by atoms with Crippen molar-refractivity contribution in [2.75, 3.05) is 32.8 Å². The first-order valence-electron chi connectivity index (χ1n) is 28.8. The van der Waals surface area contributed by atoms with Crippen LogP contribution < -0.4 is 0 Å². The molecular weight excluding hydrogens is 775 g/mol. The highest BCUT2D eigenvalue weighted by Gasteiger charge is 2.12. The second kappa shape index (κ2) is 78.1. The number of unbranched alkanes of at least 4 members (excludes halogenated alkanes) is 26. The number of rotatable bonds is 43. The van der Waals surface area contributed by atoms with E-state index in [-0.39, 0.29) is 5.97 Å². The van der Waals surface area contributed by atoms with Gasteiger partial charge in [0.1, 0.15) is 0 Å². The normalized spacial score (nSPS) is 10.6. The Morgan fingerprint density at radius 2 is 0.714 bits per heavy atom. The zero-order valence-electron chi connectivity index (χ0n) is 46.4. The molecule has 1 atom stereocenters. The van der Waals surface area contributed by atoms with Gasteiger partial charge in [0.25, 0.3) is 6.47 Å². The van der Waals surface area contributed by atoms with Gasteiger partial charge in [-0.1, -0.05) is 276 Å². The molecule has 0 aliphatic rings. The zero-order valence-corrected chi connectivity index (χ0v) is 46.4. The smallest absolute Gasteiger partial charge is 0.305 e. The molecule has 0 saturated carbocycles. The zero-order chi connectivity index (χ0) is 48.6. The van der Waals surface area contributed by atoms with E-state index in [9.17, 15) is 9.59 Å². The maximum Gasteiger partial charge on any atom is 0.305 e. The van der Waals surface area contributed by atoms with Gasteiger partial charge in [-0.05, 0) is 70.5 Å². The molecule has 0 aromatic carbocycles. The largest absolute Gasteiger partial charge is 0.468 e. The Labute approximate surface area is 401 Å². The maximum atomic E-state index is 12.4.